The van der Waals surface area contributed by atoms with E-state index in [0.717, 1.165) is 0 Å². The number of ether oxygens (including phenoxy) is 1. The third-order valence-corrected chi connectivity index (χ3v) is 3.13. The third kappa shape index (κ3) is 4.17. The number of esters is 1. The SMILES string of the molecule is Cc1ccc(C(C)C(C)C(=O)OC(C)(C)C)cc1. The highest BCUT2D eigenvalue weighted by atomic mass is 16.6. The number of carbonyl (C=O) groups is 1. The number of benzene rings is 1. The summed E-state index contributed by atoms with van der Waals surface area (Å²) < 4.78 is 5.43. The first-order valence-corrected chi connectivity index (χ1v) is 6.50. The van der Waals surface area contributed by atoms with Gasteiger partial charge in [0.05, 0.1) is 5.92 Å². The van der Waals surface area contributed by atoms with Gasteiger partial charge in [0.2, 0.25) is 0 Å². The monoisotopic (exact) mass is 248 g/mol. The lowest BCUT2D eigenvalue weighted by atomic mass is 9.88. The lowest BCUT2D eigenvalue weighted by Gasteiger charge is -2.25. The molecule has 0 aliphatic carbocycles. The Balaban J connectivity index is 2.74. The molecule has 2 nitrogen and oxygen atoms in total. The fraction of sp³-hybridized carbons (Fsp3) is 0.562. The van der Waals surface area contributed by atoms with Gasteiger partial charge in [0.15, 0.2) is 0 Å². The van der Waals surface area contributed by atoms with Crippen LogP contribution in [0.3, 0.4) is 0 Å². The molecule has 0 aliphatic rings. The Hall–Kier alpha value is -1.31. The van der Waals surface area contributed by atoms with E-state index in [2.05, 4.69) is 38.1 Å². The van der Waals surface area contributed by atoms with Crippen LogP contribution in [-0.2, 0) is 9.53 Å². The minimum absolute atomic E-state index is 0.129. The number of carbonyl (C=O) groups excluding carboxylic acids is 1. The molecule has 0 aromatic heterocycles. The standard InChI is InChI=1S/C16H24O2/c1-11-7-9-14(10-8-11)12(2)13(3)15(17)18-16(4,5)6/h7-10,12-13H,1-6H3. The second-order valence-corrected chi connectivity index (χ2v) is 6.02. The van der Waals surface area contributed by atoms with E-state index in [9.17, 15) is 4.79 Å². The maximum absolute atomic E-state index is 12.0. The second-order valence-electron chi connectivity index (χ2n) is 6.02. The Morgan fingerprint density at radius 1 is 1.11 bits per heavy atom. The summed E-state index contributed by atoms with van der Waals surface area (Å²) >= 11 is 0. The molecule has 0 radical (unpaired) electrons. The van der Waals surface area contributed by atoms with Gasteiger partial charge in [-0.3, -0.25) is 4.79 Å². The lowest BCUT2D eigenvalue weighted by molar-refractivity contribution is -0.160. The molecule has 1 aromatic rings. The molecule has 0 aliphatic heterocycles. The first kappa shape index (κ1) is 14.7. The largest absolute Gasteiger partial charge is 0.460 e. The maximum Gasteiger partial charge on any atom is 0.309 e. The number of hydrogen-bond acceptors (Lipinski definition) is 2. The van der Waals surface area contributed by atoms with Crippen LogP contribution in [0.4, 0.5) is 0 Å². The van der Waals surface area contributed by atoms with Gasteiger partial charge in [-0.25, -0.2) is 0 Å². The van der Waals surface area contributed by atoms with E-state index in [0.29, 0.717) is 0 Å². The van der Waals surface area contributed by atoms with Gasteiger partial charge in [0.1, 0.15) is 5.60 Å². The fourth-order valence-electron chi connectivity index (χ4n) is 1.76. The molecule has 100 valence electrons. The smallest absolute Gasteiger partial charge is 0.309 e. The minimum atomic E-state index is -0.418. The van der Waals surface area contributed by atoms with Gasteiger partial charge in [-0.15, -0.1) is 0 Å². The summed E-state index contributed by atoms with van der Waals surface area (Å²) in [6, 6.07) is 8.32. The predicted octanol–water partition coefficient (Wildman–Crippen LogP) is 4.08. The van der Waals surface area contributed by atoms with Crippen molar-refractivity contribution < 1.29 is 9.53 Å². The van der Waals surface area contributed by atoms with Crippen LogP contribution in [0.15, 0.2) is 24.3 Å². The molecule has 0 bridgehead atoms. The van der Waals surface area contributed by atoms with Gasteiger partial charge in [-0.05, 0) is 39.2 Å². The van der Waals surface area contributed by atoms with Crippen LogP contribution in [0.1, 0.15) is 51.7 Å². The van der Waals surface area contributed by atoms with E-state index in [1.165, 1.54) is 11.1 Å². The van der Waals surface area contributed by atoms with Gasteiger partial charge >= 0.3 is 5.97 Å². The lowest BCUT2D eigenvalue weighted by Crippen LogP contribution is -2.29. The topological polar surface area (TPSA) is 26.3 Å². The van der Waals surface area contributed by atoms with Crippen molar-refractivity contribution in [3.63, 3.8) is 0 Å². The molecule has 2 unspecified atom stereocenters. The van der Waals surface area contributed by atoms with Crippen LogP contribution in [0.5, 0.6) is 0 Å². The van der Waals surface area contributed by atoms with Crippen molar-refractivity contribution >= 4 is 5.97 Å². The minimum Gasteiger partial charge on any atom is -0.460 e. The molecule has 1 rings (SSSR count). The first-order valence-electron chi connectivity index (χ1n) is 6.50. The zero-order valence-electron chi connectivity index (χ0n) is 12.3. The number of aryl methyl sites for hydroxylation is 1. The number of hydrogen-bond donors (Lipinski definition) is 0. The molecule has 2 atom stereocenters. The van der Waals surface area contributed by atoms with E-state index in [1.807, 2.05) is 27.7 Å². The predicted molar refractivity (Wildman–Crippen MR) is 74.6 cm³/mol. The van der Waals surface area contributed by atoms with Gasteiger partial charge in [-0.1, -0.05) is 43.7 Å². The van der Waals surface area contributed by atoms with Crippen molar-refractivity contribution in [2.75, 3.05) is 0 Å². The van der Waals surface area contributed by atoms with Crippen molar-refractivity contribution in [1.82, 2.24) is 0 Å². The average molecular weight is 248 g/mol. The van der Waals surface area contributed by atoms with Crippen LogP contribution in [0, 0.1) is 12.8 Å². The van der Waals surface area contributed by atoms with Crippen LogP contribution in [-0.4, -0.2) is 11.6 Å². The Morgan fingerprint density at radius 2 is 1.61 bits per heavy atom. The summed E-state index contributed by atoms with van der Waals surface area (Å²) in [4.78, 5) is 12.0. The molecule has 0 N–H and O–H groups in total. The van der Waals surface area contributed by atoms with E-state index < -0.39 is 5.60 Å². The summed E-state index contributed by atoms with van der Waals surface area (Å²) in [6.45, 7) is 11.8. The summed E-state index contributed by atoms with van der Waals surface area (Å²) in [7, 11) is 0. The van der Waals surface area contributed by atoms with E-state index in [4.69, 9.17) is 4.74 Å². The van der Waals surface area contributed by atoms with Crippen LogP contribution in [0.2, 0.25) is 0 Å². The highest BCUT2D eigenvalue weighted by Crippen LogP contribution is 2.26. The maximum atomic E-state index is 12.0. The molecule has 0 heterocycles. The van der Waals surface area contributed by atoms with Crippen molar-refractivity contribution in [1.29, 1.82) is 0 Å². The van der Waals surface area contributed by atoms with Gasteiger partial charge < -0.3 is 4.74 Å². The number of rotatable bonds is 3. The fourth-order valence-corrected chi connectivity index (χ4v) is 1.76. The van der Waals surface area contributed by atoms with Crippen molar-refractivity contribution in [2.45, 2.75) is 53.1 Å². The van der Waals surface area contributed by atoms with Gasteiger partial charge in [-0.2, -0.15) is 0 Å². The molecule has 0 fully saturated rings. The Bertz CT molecular complexity index is 398. The molecule has 0 spiro atoms. The van der Waals surface area contributed by atoms with Crippen molar-refractivity contribution in [2.24, 2.45) is 5.92 Å². The van der Waals surface area contributed by atoms with E-state index in [1.54, 1.807) is 0 Å². The normalized spacial score (nSPS) is 15.0. The second kappa shape index (κ2) is 5.55. The quantitative estimate of drug-likeness (QED) is 0.753. The molecular formula is C16H24O2. The molecule has 0 amide bonds. The van der Waals surface area contributed by atoms with Crippen LogP contribution in [0.25, 0.3) is 0 Å². The molecule has 0 saturated carbocycles. The van der Waals surface area contributed by atoms with Gasteiger partial charge in [0, 0.05) is 0 Å². The zero-order valence-corrected chi connectivity index (χ0v) is 12.3. The average Bonchev–Trinajstić information content (AvgIpc) is 2.26. The summed E-state index contributed by atoms with van der Waals surface area (Å²) in [5, 5.41) is 0. The van der Waals surface area contributed by atoms with E-state index >= 15 is 0 Å². The summed E-state index contributed by atoms with van der Waals surface area (Å²) in [6.07, 6.45) is 0. The molecule has 0 saturated heterocycles. The Labute approximate surface area is 110 Å². The molecule has 2 heteroatoms. The molecule has 1 aromatic carbocycles. The molecule has 18 heavy (non-hydrogen) atoms. The highest BCUT2D eigenvalue weighted by Gasteiger charge is 2.26. The Morgan fingerprint density at radius 3 is 2.06 bits per heavy atom. The van der Waals surface area contributed by atoms with Crippen molar-refractivity contribution in [3.05, 3.63) is 35.4 Å². The summed E-state index contributed by atoms with van der Waals surface area (Å²) in [5.41, 5.74) is 1.99. The van der Waals surface area contributed by atoms with Gasteiger partial charge in [0.25, 0.3) is 0 Å². The van der Waals surface area contributed by atoms with Crippen LogP contribution < -0.4 is 0 Å². The Kier molecular flexibility index (Phi) is 4.55. The third-order valence-electron chi connectivity index (χ3n) is 3.13. The summed E-state index contributed by atoms with van der Waals surface area (Å²) in [5.74, 6) is -0.0945. The van der Waals surface area contributed by atoms with E-state index in [-0.39, 0.29) is 17.8 Å². The van der Waals surface area contributed by atoms with Crippen LogP contribution >= 0.6 is 0 Å². The highest BCUT2D eigenvalue weighted by molar-refractivity contribution is 5.73. The first-order chi connectivity index (χ1) is 8.20. The molecular weight excluding hydrogens is 224 g/mol. The van der Waals surface area contributed by atoms with Crippen molar-refractivity contribution in [3.8, 4) is 0 Å². The zero-order chi connectivity index (χ0) is 13.9.